The van der Waals surface area contributed by atoms with Crippen molar-refractivity contribution in [1.29, 1.82) is 0 Å². The van der Waals surface area contributed by atoms with Crippen LogP contribution >= 0.6 is 0 Å². The first-order valence-electron chi connectivity index (χ1n) is 4.51. The molecular formula is C10H12F3NO. The minimum atomic E-state index is -4.35. The first-order valence-corrected chi connectivity index (χ1v) is 4.51. The Hall–Kier alpha value is -1.07. The molecule has 0 fully saturated rings. The molecule has 2 N–H and O–H groups in total. The molecule has 1 atom stereocenters. The Labute approximate surface area is 85.7 Å². The summed E-state index contributed by atoms with van der Waals surface area (Å²) in [6.07, 6.45) is -4.35. The normalized spacial score (nSPS) is 13.9. The van der Waals surface area contributed by atoms with Gasteiger partial charge >= 0.3 is 6.18 Å². The molecule has 0 bridgehead atoms. The Morgan fingerprint density at radius 1 is 1.20 bits per heavy atom. The molecule has 1 aromatic carbocycles. The summed E-state index contributed by atoms with van der Waals surface area (Å²) in [5.74, 6) is 0. The maximum atomic E-state index is 12.6. The molecule has 1 rings (SSSR count). The number of hydrogen-bond donors (Lipinski definition) is 2. The monoisotopic (exact) mass is 219 g/mol. The van der Waals surface area contributed by atoms with Gasteiger partial charge < -0.3 is 10.4 Å². The zero-order chi connectivity index (χ0) is 11.3. The van der Waals surface area contributed by atoms with Crippen molar-refractivity contribution in [1.82, 2.24) is 5.32 Å². The van der Waals surface area contributed by atoms with Crippen molar-refractivity contribution >= 4 is 0 Å². The summed E-state index contributed by atoms with van der Waals surface area (Å²) in [4.78, 5) is 0. The molecule has 1 unspecified atom stereocenters. The van der Waals surface area contributed by atoms with E-state index in [0.29, 0.717) is 0 Å². The lowest BCUT2D eigenvalue weighted by atomic mass is 10.1. The minimum Gasteiger partial charge on any atom is -0.395 e. The molecule has 0 spiro atoms. The third-order valence-corrected chi connectivity index (χ3v) is 1.92. The average Bonchev–Trinajstić information content (AvgIpc) is 2.18. The van der Waals surface area contributed by atoms with E-state index in [4.69, 9.17) is 5.11 Å². The number of halogens is 3. The Bertz CT molecular complexity index is 286. The largest absolute Gasteiger partial charge is 0.407 e. The fourth-order valence-corrected chi connectivity index (χ4v) is 1.28. The Morgan fingerprint density at radius 3 is 2.27 bits per heavy atom. The summed E-state index contributed by atoms with van der Waals surface area (Å²) in [6.45, 7) is -0.404. The van der Waals surface area contributed by atoms with Crippen molar-refractivity contribution in [3.63, 3.8) is 0 Å². The van der Waals surface area contributed by atoms with Gasteiger partial charge in [-0.15, -0.1) is 0 Å². The SMILES string of the molecule is OCCNC(c1ccccc1)C(F)(F)F. The van der Waals surface area contributed by atoms with Crippen LogP contribution in [0.5, 0.6) is 0 Å². The van der Waals surface area contributed by atoms with Crippen molar-refractivity contribution < 1.29 is 18.3 Å². The van der Waals surface area contributed by atoms with E-state index < -0.39 is 12.2 Å². The van der Waals surface area contributed by atoms with Gasteiger partial charge in [-0.25, -0.2) is 0 Å². The van der Waals surface area contributed by atoms with Crippen LogP contribution in [0.1, 0.15) is 11.6 Å². The molecule has 15 heavy (non-hydrogen) atoms. The molecule has 0 aliphatic carbocycles. The summed E-state index contributed by atoms with van der Waals surface area (Å²) in [6, 6.07) is 5.85. The molecule has 0 heterocycles. The predicted molar refractivity (Wildman–Crippen MR) is 50.3 cm³/mol. The molecule has 0 saturated heterocycles. The average molecular weight is 219 g/mol. The van der Waals surface area contributed by atoms with Crippen molar-refractivity contribution in [3.05, 3.63) is 35.9 Å². The Balaban J connectivity index is 2.82. The van der Waals surface area contributed by atoms with Gasteiger partial charge in [0, 0.05) is 6.54 Å². The number of nitrogens with one attached hydrogen (secondary N) is 1. The van der Waals surface area contributed by atoms with E-state index in [1.165, 1.54) is 12.1 Å². The fourth-order valence-electron chi connectivity index (χ4n) is 1.28. The third-order valence-electron chi connectivity index (χ3n) is 1.92. The van der Waals surface area contributed by atoms with Crippen molar-refractivity contribution in [2.45, 2.75) is 12.2 Å². The van der Waals surface area contributed by atoms with Crippen LogP contribution in [0.4, 0.5) is 13.2 Å². The molecule has 84 valence electrons. The van der Waals surface area contributed by atoms with E-state index in [0.717, 1.165) is 0 Å². The summed E-state index contributed by atoms with van der Waals surface area (Å²) < 4.78 is 37.8. The van der Waals surface area contributed by atoms with Gasteiger partial charge in [-0.2, -0.15) is 13.2 Å². The lowest BCUT2D eigenvalue weighted by Gasteiger charge is -2.21. The van der Waals surface area contributed by atoms with Gasteiger partial charge in [0.15, 0.2) is 0 Å². The molecule has 2 nitrogen and oxygen atoms in total. The van der Waals surface area contributed by atoms with E-state index in [-0.39, 0.29) is 18.7 Å². The van der Waals surface area contributed by atoms with Crippen LogP contribution < -0.4 is 5.32 Å². The number of rotatable bonds is 4. The van der Waals surface area contributed by atoms with Crippen LogP contribution in [0.3, 0.4) is 0 Å². The zero-order valence-corrected chi connectivity index (χ0v) is 7.96. The number of aliphatic hydroxyl groups is 1. The Morgan fingerprint density at radius 2 is 1.80 bits per heavy atom. The number of hydrogen-bond acceptors (Lipinski definition) is 2. The highest BCUT2D eigenvalue weighted by atomic mass is 19.4. The van der Waals surface area contributed by atoms with Gasteiger partial charge in [0.25, 0.3) is 0 Å². The van der Waals surface area contributed by atoms with Crippen molar-refractivity contribution in [2.75, 3.05) is 13.2 Å². The molecule has 0 aromatic heterocycles. The predicted octanol–water partition coefficient (Wildman–Crippen LogP) is 1.87. The van der Waals surface area contributed by atoms with Gasteiger partial charge in [-0.05, 0) is 5.56 Å². The van der Waals surface area contributed by atoms with Crippen molar-refractivity contribution in [3.8, 4) is 0 Å². The second-order valence-corrected chi connectivity index (χ2v) is 3.06. The highest BCUT2D eigenvalue weighted by Crippen LogP contribution is 2.32. The highest BCUT2D eigenvalue weighted by Gasteiger charge is 2.40. The summed E-state index contributed by atoms with van der Waals surface area (Å²) in [5, 5.41) is 10.7. The first kappa shape index (κ1) is 12.0. The quantitative estimate of drug-likeness (QED) is 0.810. The third kappa shape index (κ3) is 3.53. The zero-order valence-electron chi connectivity index (χ0n) is 7.96. The lowest BCUT2D eigenvalue weighted by molar-refractivity contribution is -0.158. The topological polar surface area (TPSA) is 32.3 Å². The maximum Gasteiger partial charge on any atom is 0.407 e. The van der Waals surface area contributed by atoms with Crippen LogP contribution in [0.2, 0.25) is 0 Å². The fraction of sp³-hybridized carbons (Fsp3) is 0.400. The van der Waals surface area contributed by atoms with Crippen LogP contribution in [-0.4, -0.2) is 24.4 Å². The van der Waals surface area contributed by atoms with Gasteiger partial charge in [-0.3, -0.25) is 0 Å². The molecule has 0 aliphatic rings. The van der Waals surface area contributed by atoms with Crippen LogP contribution in [-0.2, 0) is 0 Å². The molecule has 0 aliphatic heterocycles. The highest BCUT2D eigenvalue weighted by molar-refractivity contribution is 5.20. The summed E-state index contributed by atoms with van der Waals surface area (Å²) in [5.41, 5.74) is 0.151. The second kappa shape index (κ2) is 5.14. The van der Waals surface area contributed by atoms with E-state index in [2.05, 4.69) is 5.32 Å². The van der Waals surface area contributed by atoms with Gasteiger partial charge in [-0.1, -0.05) is 30.3 Å². The van der Waals surface area contributed by atoms with Gasteiger partial charge in [0.1, 0.15) is 6.04 Å². The second-order valence-electron chi connectivity index (χ2n) is 3.06. The van der Waals surface area contributed by atoms with Crippen LogP contribution in [0.15, 0.2) is 30.3 Å². The van der Waals surface area contributed by atoms with Gasteiger partial charge in [0.2, 0.25) is 0 Å². The standard InChI is InChI=1S/C10H12F3NO/c11-10(12,13)9(14-6-7-15)8-4-2-1-3-5-8/h1-5,9,14-15H,6-7H2. The number of alkyl halides is 3. The van der Waals surface area contributed by atoms with E-state index in [9.17, 15) is 13.2 Å². The molecule has 1 aromatic rings. The smallest absolute Gasteiger partial charge is 0.395 e. The summed E-state index contributed by atoms with van der Waals surface area (Å²) in [7, 11) is 0. The van der Waals surface area contributed by atoms with Crippen LogP contribution in [0.25, 0.3) is 0 Å². The number of benzene rings is 1. The molecule has 5 heteroatoms. The lowest BCUT2D eigenvalue weighted by Crippen LogP contribution is -2.35. The van der Waals surface area contributed by atoms with Gasteiger partial charge in [0.05, 0.1) is 6.61 Å². The van der Waals surface area contributed by atoms with Crippen molar-refractivity contribution in [2.24, 2.45) is 0 Å². The minimum absolute atomic E-state index is 0.0843. The summed E-state index contributed by atoms with van der Waals surface area (Å²) >= 11 is 0. The first-order chi connectivity index (χ1) is 7.05. The molecule has 0 radical (unpaired) electrons. The van der Waals surface area contributed by atoms with E-state index in [1.54, 1.807) is 18.2 Å². The molecule has 0 amide bonds. The molecular weight excluding hydrogens is 207 g/mol. The van der Waals surface area contributed by atoms with Crippen LogP contribution in [0, 0.1) is 0 Å². The van der Waals surface area contributed by atoms with E-state index in [1.807, 2.05) is 0 Å². The number of aliphatic hydroxyl groups excluding tert-OH is 1. The Kier molecular flexibility index (Phi) is 4.11. The maximum absolute atomic E-state index is 12.6. The molecule has 0 saturated carbocycles. The van der Waals surface area contributed by atoms with E-state index >= 15 is 0 Å².